The van der Waals surface area contributed by atoms with Crippen LogP contribution in [-0.2, 0) is 14.3 Å². The summed E-state index contributed by atoms with van der Waals surface area (Å²) in [6.45, 7) is 5.79. The number of nitrogens with one attached hydrogen (secondary N) is 3. The lowest BCUT2D eigenvalue weighted by atomic mass is 9.95. The van der Waals surface area contributed by atoms with Gasteiger partial charge in [-0.3, -0.25) is 4.79 Å². The van der Waals surface area contributed by atoms with Gasteiger partial charge in [0.1, 0.15) is 5.75 Å². The molecule has 1 heterocycles. The van der Waals surface area contributed by atoms with Gasteiger partial charge in [-0.05, 0) is 79.3 Å². The molecule has 0 saturated heterocycles. The zero-order chi connectivity index (χ0) is 27.7. The highest BCUT2D eigenvalue weighted by molar-refractivity contribution is 14.1. The summed E-state index contributed by atoms with van der Waals surface area (Å²) in [6, 6.07) is 10.1. The Balaban J connectivity index is 1.71. The molecule has 0 spiro atoms. The van der Waals surface area contributed by atoms with Gasteiger partial charge >= 0.3 is 5.97 Å². The SMILES string of the molecule is CCOC(=O)C1=C(C)NC(=S)N[C@H]1c1ccccc1OCC(=O)NN=Cc1cc(I)c(OC)c(OCC)c1. The monoisotopic (exact) mass is 652 g/mol. The second kappa shape index (κ2) is 14.0. The van der Waals surface area contributed by atoms with E-state index < -0.39 is 17.9 Å². The summed E-state index contributed by atoms with van der Waals surface area (Å²) < 4.78 is 22.9. The molecule has 3 N–H and O–H groups in total. The molecule has 0 aliphatic carbocycles. The number of carbonyl (C=O) groups excluding carboxylic acids is 2. The van der Waals surface area contributed by atoms with E-state index in [4.69, 9.17) is 31.2 Å². The molecule has 1 aliphatic heterocycles. The maximum absolute atomic E-state index is 12.7. The van der Waals surface area contributed by atoms with E-state index in [0.29, 0.717) is 45.8 Å². The van der Waals surface area contributed by atoms with Crippen molar-refractivity contribution < 1.29 is 28.5 Å². The molecule has 0 bridgehead atoms. The van der Waals surface area contributed by atoms with Crippen molar-refractivity contribution in [3.8, 4) is 17.2 Å². The van der Waals surface area contributed by atoms with E-state index >= 15 is 0 Å². The summed E-state index contributed by atoms with van der Waals surface area (Å²) in [4.78, 5) is 25.2. The number of methoxy groups -OCH3 is 1. The van der Waals surface area contributed by atoms with Crippen molar-refractivity contribution in [1.29, 1.82) is 0 Å². The average Bonchev–Trinajstić information content (AvgIpc) is 2.87. The third-order valence-corrected chi connectivity index (χ3v) is 6.31. The van der Waals surface area contributed by atoms with Gasteiger partial charge in [0.05, 0.1) is 41.7 Å². The van der Waals surface area contributed by atoms with Crippen LogP contribution in [0.2, 0.25) is 0 Å². The molecule has 0 radical (unpaired) electrons. The Labute approximate surface area is 240 Å². The quantitative estimate of drug-likeness (QED) is 0.110. The summed E-state index contributed by atoms with van der Waals surface area (Å²) in [5.74, 6) is 0.706. The van der Waals surface area contributed by atoms with Crippen molar-refractivity contribution in [2.24, 2.45) is 5.10 Å². The molecule has 1 amide bonds. The van der Waals surface area contributed by atoms with E-state index in [1.165, 1.54) is 6.21 Å². The molecule has 1 aliphatic rings. The minimum absolute atomic E-state index is 0.230. The van der Waals surface area contributed by atoms with Crippen molar-refractivity contribution in [2.75, 3.05) is 26.9 Å². The average molecular weight is 653 g/mol. The van der Waals surface area contributed by atoms with Gasteiger partial charge in [0, 0.05) is 11.3 Å². The maximum Gasteiger partial charge on any atom is 0.338 e. The van der Waals surface area contributed by atoms with Gasteiger partial charge in [0.15, 0.2) is 23.2 Å². The van der Waals surface area contributed by atoms with Crippen molar-refractivity contribution >= 4 is 58.0 Å². The molecule has 0 saturated carbocycles. The first-order valence-corrected chi connectivity index (χ1v) is 13.3. The molecule has 38 heavy (non-hydrogen) atoms. The number of nitrogens with zero attached hydrogens (tertiary/aromatic N) is 1. The lowest BCUT2D eigenvalue weighted by Gasteiger charge is -2.30. The van der Waals surface area contributed by atoms with Crippen LogP contribution in [0.1, 0.15) is 37.9 Å². The fraction of sp³-hybridized carbons (Fsp3) is 0.308. The number of thiocarbonyl (C=S) groups is 1. The van der Waals surface area contributed by atoms with Crippen molar-refractivity contribution in [3.05, 3.63) is 62.4 Å². The Morgan fingerprint density at radius 1 is 1.16 bits per heavy atom. The molecule has 10 nitrogen and oxygen atoms in total. The first-order valence-electron chi connectivity index (χ1n) is 11.8. The number of hydrazone groups is 1. The predicted octanol–water partition coefficient (Wildman–Crippen LogP) is 3.58. The topological polar surface area (TPSA) is 120 Å². The number of allylic oxidation sites excluding steroid dienone is 1. The van der Waals surface area contributed by atoms with E-state index in [-0.39, 0.29) is 13.2 Å². The third kappa shape index (κ3) is 7.34. The van der Waals surface area contributed by atoms with Crippen LogP contribution in [0.3, 0.4) is 0 Å². The fourth-order valence-electron chi connectivity index (χ4n) is 3.73. The number of amides is 1. The zero-order valence-corrected chi connectivity index (χ0v) is 24.4. The Hall–Kier alpha value is -3.39. The Kier molecular flexibility index (Phi) is 10.7. The zero-order valence-electron chi connectivity index (χ0n) is 21.4. The minimum atomic E-state index is -0.614. The first-order chi connectivity index (χ1) is 18.3. The molecular weight excluding hydrogens is 623 g/mol. The van der Waals surface area contributed by atoms with Crippen molar-refractivity contribution in [1.82, 2.24) is 16.1 Å². The number of hydrogen-bond donors (Lipinski definition) is 3. The number of carbonyl (C=O) groups is 2. The highest BCUT2D eigenvalue weighted by atomic mass is 127. The van der Waals surface area contributed by atoms with E-state index in [0.717, 1.165) is 9.13 Å². The molecule has 2 aromatic rings. The lowest BCUT2D eigenvalue weighted by Crippen LogP contribution is -2.45. The first kappa shape index (κ1) is 29.2. The Morgan fingerprint density at radius 2 is 1.92 bits per heavy atom. The lowest BCUT2D eigenvalue weighted by molar-refractivity contribution is -0.139. The number of para-hydroxylation sites is 1. The molecular formula is C26H29IN4O6S. The van der Waals surface area contributed by atoms with Crippen molar-refractivity contribution in [3.63, 3.8) is 0 Å². The van der Waals surface area contributed by atoms with Gasteiger partial charge in [0.2, 0.25) is 0 Å². The number of benzene rings is 2. The standard InChI is InChI=1S/C26H29IN4O6S/c1-5-35-20-12-16(11-18(27)24(20)34-4)13-28-31-21(32)14-37-19-10-8-7-9-17(19)23-22(25(33)36-6-2)15(3)29-26(38)30-23/h7-13,23H,5-6,14H2,1-4H3,(H,31,32)(H2,29,30,38)/t23-/m0/s1. The van der Waals surface area contributed by atoms with Crippen LogP contribution in [-0.4, -0.2) is 50.1 Å². The van der Waals surface area contributed by atoms with Crippen LogP contribution >= 0.6 is 34.8 Å². The number of ether oxygens (including phenoxy) is 4. The molecule has 1 atom stereocenters. The fourth-order valence-corrected chi connectivity index (χ4v) is 4.85. The molecule has 0 aromatic heterocycles. The molecule has 12 heteroatoms. The highest BCUT2D eigenvalue weighted by Crippen LogP contribution is 2.34. The largest absolute Gasteiger partial charge is 0.492 e. The normalized spacial score (nSPS) is 15.0. The minimum Gasteiger partial charge on any atom is -0.492 e. The van der Waals surface area contributed by atoms with E-state index in [9.17, 15) is 9.59 Å². The van der Waals surface area contributed by atoms with Gasteiger partial charge in [-0.15, -0.1) is 0 Å². The molecule has 3 rings (SSSR count). The number of rotatable bonds is 11. The van der Waals surface area contributed by atoms with Crippen LogP contribution in [0.25, 0.3) is 0 Å². The van der Waals surface area contributed by atoms with Crippen LogP contribution in [0.4, 0.5) is 0 Å². The molecule has 202 valence electrons. The smallest absolute Gasteiger partial charge is 0.338 e. The van der Waals surface area contributed by atoms with Gasteiger partial charge < -0.3 is 29.6 Å². The van der Waals surface area contributed by atoms with E-state index in [2.05, 4.69) is 43.8 Å². The van der Waals surface area contributed by atoms with Crippen LogP contribution in [0, 0.1) is 3.57 Å². The third-order valence-electron chi connectivity index (χ3n) is 5.29. The number of halogens is 1. The Bertz CT molecular complexity index is 1270. The Morgan fingerprint density at radius 3 is 2.63 bits per heavy atom. The molecule has 0 fully saturated rings. The summed E-state index contributed by atoms with van der Waals surface area (Å²) in [7, 11) is 1.58. The van der Waals surface area contributed by atoms with Crippen LogP contribution < -0.4 is 30.3 Å². The number of esters is 1. The van der Waals surface area contributed by atoms with E-state index in [1.54, 1.807) is 45.2 Å². The highest BCUT2D eigenvalue weighted by Gasteiger charge is 2.32. The van der Waals surface area contributed by atoms with Crippen LogP contribution in [0.15, 0.2) is 52.8 Å². The maximum atomic E-state index is 12.7. The van der Waals surface area contributed by atoms with Gasteiger partial charge in [-0.2, -0.15) is 5.10 Å². The number of hydrogen-bond acceptors (Lipinski definition) is 8. The second-order valence-electron chi connectivity index (χ2n) is 7.88. The summed E-state index contributed by atoms with van der Waals surface area (Å²) in [5.41, 5.74) is 4.78. The molecule has 0 unspecified atom stereocenters. The summed E-state index contributed by atoms with van der Waals surface area (Å²) in [6.07, 6.45) is 1.51. The molecule has 2 aromatic carbocycles. The van der Waals surface area contributed by atoms with E-state index in [1.807, 2.05) is 19.1 Å². The summed E-state index contributed by atoms with van der Waals surface area (Å²) in [5, 5.41) is 10.4. The van der Waals surface area contributed by atoms with Crippen LogP contribution in [0.5, 0.6) is 17.2 Å². The van der Waals surface area contributed by atoms with Gasteiger partial charge in [-0.1, -0.05) is 18.2 Å². The summed E-state index contributed by atoms with van der Waals surface area (Å²) >= 11 is 7.45. The van der Waals surface area contributed by atoms with Gasteiger partial charge in [-0.25, -0.2) is 10.2 Å². The predicted molar refractivity (Wildman–Crippen MR) is 155 cm³/mol. The second-order valence-corrected chi connectivity index (χ2v) is 9.45. The van der Waals surface area contributed by atoms with Gasteiger partial charge in [0.25, 0.3) is 5.91 Å². The van der Waals surface area contributed by atoms with Crippen molar-refractivity contribution in [2.45, 2.75) is 26.8 Å².